The third-order valence-corrected chi connectivity index (χ3v) is 18.3. The van der Waals surface area contributed by atoms with Crippen molar-refractivity contribution in [2.24, 2.45) is 29.6 Å². The van der Waals surface area contributed by atoms with E-state index in [0.29, 0.717) is 68.8 Å². The fraction of sp³-hybridized carbons (Fsp3) is 0.652. The topological polar surface area (TPSA) is 309 Å². The van der Waals surface area contributed by atoms with E-state index in [1.165, 1.54) is 42.8 Å². The molecule has 2 fully saturated rings. The summed E-state index contributed by atoms with van der Waals surface area (Å²) in [6.45, 7) is 16.5. The van der Waals surface area contributed by atoms with Crippen molar-refractivity contribution >= 4 is 82.7 Å². The molecule has 2 heterocycles. The molecule has 2 saturated heterocycles. The number of methoxy groups -OCH3 is 2. The predicted octanol–water partition coefficient (Wildman–Crippen LogP) is 5.79. The number of anilines is 1. The van der Waals surface area contributed by atoms with Crippen molar-refractivity contribution in [3.63, 3.8) is 0 Å². The van der Waals surface area contributed by atoms with Crippen molar-refractivity contribution in [3.05, 3.63) is 65.7 Å². The average molecular weight is 1290 g/mol. The van der Waals surface area contributed by atoms with Crippen LogP contribution >= 0.6 is 11.8 Å². The van der Waals surface area contributed by atoms with E-state index in [4.69, 9.17) is 14.2 Å². The van der Waals surface area contributed by atoms with Gasteiger partial charge in [-0.2, -0.15) is 0 Å². The summed E-state index contributed by atoms with van der Waals surface area (Å²) < 4.78 is 17.4. The van der Waals surface area contributed by atoms with E-state index in [2.05, 4.69) is 40.4 Å². The van der Waals surface area contributed by atoms with Crippen LogP contribution in [0.3, 0.4) is 0 Å². The molecule has 91 heavy (non-hydrogen) atoms. The normalized spacial score (nSPS) is 17.5. The van der Waals surface area contributed by atoms with Gasteiger partial charge in [-0.15, -0.1) is 11.8 Å². The number of aliphatic carboxylic acids is 1. The Morgan fingerprint density at radius 2 is 1.43 bits per heavy atom. The summed E-state index contributed by atoms with van der Waals surface area (Å²) in [4.78, 5) is 151. The van der Waals surface area contributed by atoms with Crippen LogP contribution in [-0.4, -0.2) is 198 Å². The summed E-state index contributed by atoms with van der Waals surface area (Å²) in [5, 5.41) is 23.1. The van der Waals surface area contributed by atoms with E-state index in [0.717, 1.165) is 22.6 Å². The molecule has 2 aromatic rings. The van der Waals surface area contributed by atoms with Crippen molar-refractivity contribution in [2.45, 2.75) is 187 Å². The molecule has 4 rings (SSSR count). The monoisotopic (exact) mass is 1290 g/mol. The lowest BCUT2D eigenvalue weighted by atomic mass is 9.90. The molecule has 2 aliphatic heterocycles. The number of imide groups is 1. The van der Waals surface area contributed by atoms with Gasteiger partial charge in [-0.1, -0.05) is 118 Å². The number of hydrogen-bond acceptors (Lipinski definition) is 15. The van der Waals surface area contributed by atoms with Gasteiger partial charge >= 0.3 is 12.1 Å². The molecule has 0 spiro atoms. The van der Waals surface area contributed by atoms with Gasteiger partial charge in [0.25, 0.3) is 0 Å². The Morgan fingerprint density at radius 3 is 2.03 bits per heavy atom. The van der Waals surface area contributed by atoms with Crippen molar-refractivity contribution in [1.82, 2.24) is 40.9 Å². The van der Waals surface area contributed by atoms with Crippen LogP contribution in [0.1, 0.15) is 138 Å². The number of carboxylic acid groups (broad SMARTS) is 1. The van der Waals surface area contributed by atoms with Gasteiger partial charge in [0.05, 0.1) is 55.0 Å². The molecule has 0 aromatic heterocycles. The number of amides is 10. The summed E-state index contributed by atoms with van der Waals surface area (Å²) in [7, 11) is 5.93. The summed E-state index contributed by atoms with van der Waals surface area (Å²) >= 11 is 1.54. The number of hydrogen-bond donors (Lipinski definition) is 6. The zero-order valence-corrected chi connectivity index (χ0v) is 56.4. The fourth-order valence-electron chi connectivity index (χ4n) is 11.5. The van der Waals surface area contributed by atoms with Gasteiger partial charge in [-0.3, -0.25) is 53.0 Å². The first-order valence-corrected chi connectivity index (χ1v) is 33.0. The smallest absolute Gasteiger partial charge is 0.410 e. The Kier molecular flexibility index (Phi) is 31.9. The quantitative estimate of drug-likeness (QED) is 0.0342. The number of carbonyl (C=O) groups is 11. The number of unbranched alkanes of at least 4 members (excludes halogenated alkanes) is 2. The SMILES string of the molecule is CC[C@H](C)[C@@H]([C@@H](CC(=O)N1CCC[C@H]1[C@H](OC)[C@@H](C)C(=O)N[C@@H](Cc1ccccc1)C(=O)O)OC)N(C)C(=O)CNC(=O)C(C(C)C)N(C)C(=O)OCc1ccc(NC(=O)CNC(=O)C(NC(=O)CCCCCN2C(=O)CC(SCCC(C)C)C2=O)C(C)C)cc1. The fourth-order valence-corrected chi connectivity index (χ4v) is 12.9. The average Bonchev–Trinajstić information content (AvgIpc) is 1.86. The number of likely N-dealkylation sites (tertiary alicyclic amines) is 2. The van der Waals surface area contributed by atoms with Crippen LogP contribution in [0.4, 0.5) is 10.5 Å². The lowest BCUT2D eigenvalue weighted by Gasteiger charge is -2.39. The molecule has 6 N–H and O–H groups in total. The van der Waals surface area contributed by atoms with Gasteiger partial charge in [0.15, 0.2) is 0 Å². The highest BCUT2D eigenvalue weighted by Crippen LogP contribution is 2.31. The number of likely N-dealkylation sites (N-methyl/N-ethyl adjacent to an activating group) is 2. The van der Waals surface area contributed by atoms with Crippen LogP contribution in [0.25, 0.3) is 0 Å². The Bertz CT molecular complexity index is 2750. The lowest BCUT2D eigenvalue weighted by molar-refractivity contribution is -0.147. The highest BCUT2D eigenvalue weighted by Gasteiger charge is 2.43. The van der Waals surface area contributed by atoms with Crippen molar-refractivity contribution in [2.75, 3.05) is 65.6 Å². The highest BCUT2D eigenvalue weighted by molar-refractivity contribution is 8.00. The van der Waals surface area contributed by atoms with E-state index in [1.54, 1.807) is 95.1 Å². The van der Waals surface area contributed by atoms with Crippen LogP contribution in [0.5, 0.6) is 0 Å². The van der Waals surface area contributed by atoms with Gasteiger partial charge in [-0.05, 0) is 84.8 Å². The maximum absolute atomic E-state index is 14.3. The van der Waals surface area contributed by atoms with E-state index in [-0.39, 0.29) is 79.5 Å². The van der Waals surface area contributed by atoms with Crippen LogP contribution in [0.2, 0.25) is 0 Å². The number of thioether (sulfide) groups is 1. The number of carboxylic acids is 1. The number of nitrogens with zero attached hydrogens (tertiary/aromatic N) is 4. The first-order valence-electron chi connectivity index (χ1n) is 31.9. The Labute approximate surface area is 541 Å². The van der Waals surface area contributed by atoms with E-state index < -0.39 is 102 Å². The molecule has 0 radical (unpaired) electrons. The molecule has 506 valence electrons. The molecule has 24 nitrogen and oxygen atoms in total. The van der Waals surface area contributed by atoms with E-state index in [1.807, 2.05) is 19.9 Å². The Balaban J connectivity index is 1.23. The molecule has 0 aliphatic carbocycles. The summed E-state index contributed by atoms with van der Waals surface area (Å²) in [6, 6.07) is 11.2. The van der Waals surface area contributed by atoms with Crippen LogP contribution in [0.15, 0.2) is 54.6 Å². The molecule has 10 atom stereocenters. The molecule has 25 heteroatoms. The van der Waals surface area contributed by atoms with E-state index >= 15 is 0 Å². The number of rotatable bonds is 38. The number of nitrogens with one attached hydrogen (secondary N) is 5. The summed E-state index contributed by atoms with van der Waals surface area (Å²) in [5.41, 5.74) is 1.71. The minimum Gasteiger partial charge on any atom is -0.480 e. The second kappa shape index (κ2) is 38.0. The summed E-state index contributed by atoms with van der Waals surface area (Å²) in [5.74, 6) is -5.06. The molecule has 10 amide bonds. The first-order chi connectivity index (χ1) is 43.1. The van der Waals surface area contributed by atoms with Crippen LogP contribution < -0.4 is 26.6 Å². The van der Waals surface area contributed by atoms with Crippen molar-refractivity contribution in [1.29, 1.82) is 0 Å². The maximum atomic E-state index is 14.3. The molecule has 2 aliphatic rings. The molecular weight excluding hydrogens is 1190 g/mol. The van der Waals surface area contributed by atoms with E-state index in [9.17, 15) is 57.8 Å². The van der Waals surface area contributed by atoms with Crippen molar-refractivity contribution < 1.29 is 72.1 Å². The van der Waals surface area contributed by atoms with Crippen LogP contribution in [-0.2, 0) is 75.2 Å². The second-order valence-corrected chi connectivity index (χ2v) is 26.3. The number of benzene rings is 2. The van der Waals surface area contributed by atoms with Gasteiger partial charge in [-0.25, -0.2) is 9.59 Å². The third kappa shape index (κ3) is 23.5. The maximum Gasteiger partial charge on any atom is 0.410 e. The van der Waals surface area contributed by atoms with Crippen molar-refractivity contribution in [3.8, 4) is 0 Å². The molecule has 2 aromatic carbocycles. The largest absolute Gasteiger partial charge is 0.480 e. The van der Waals surface area contributed by atoms with Gasteiger partial charge < -0.3 is 55.7 Å². The minimum absolute atomic E-state index is 0.0847. The number of carbonyl (C=O) groups excluding carboxylic acids is 10. The predicted molar refractivity (Wildman–Crippen MR) is 346 cm³/mol. The van der Waals surface area contributed by atoms with Gasteiger partial charge in [0.2, 0.25) is 53.2 Å². The number of ether oxygens (including phenoxy) is 3. The first kappa shape index (κ1) is 76.3. The summed E-state index contributed by atoms with van der Waals surface area (Å²) in [6.07, 6.45) is 2.44. The molecule has 0 saturated carbocycles. The molecule has 0 bridgehead atoms. The third-order valence-electron chi connectivity index (χ3n) is 17.0. The Morgan fingerprint density at radius 1 is 0.758 bits per heavy atom. The second-order valence-electron chi connectivity index (χ2n) is 25.0. The zero-order chi connectivity index (χ0) is 67.6. The lowest BCUT2D eigenvalue weighted by Crippen LogP contribution is -2.56. The van der Waals surface area contributed by atoms with Gasteiger partial charge in [0, 0.05) is 66.4 Å². The standard InChI is InChI=1S/C66H101N9O15S/c1-14-43(8)59(50(88-12)35-54(78)74-32-21-24-49(74)60(89-13)44(9)61(81)70-48(65(85)86)34-45-22-17-15-18-23-45)72(10)56(80)38-68-63(83)58(42(6)7)73(11)66(87)90-39-46-26-28-47(29-27-46)69-53(77)37-67-62(82)57(41(4)5)71-52(76)25-19-16-20-31-75-55(79)36-51(64(75)84)91-33-30-40(2)3/h15,17-18,22-23,26-29,40-44,48-51,57-60H,14,16,19-21,24-25,30-39H2,1-13H3,(H,67,82)(H,68,83)(H,69,77)(H,70,81)(H,71,76)(H,85,86)/t43-,44+,48-,49-,50+,51?,57?,58?,59-,60+/m0/s1. The zero-order valence-electron chi connectivity index (χ0n) is 55.6. The Hall–Kier alpha value is -7.12. The highest BCUT2D eigenvalue weighted by atomic mass is 32.2. The van der Waals surface area contributed by atoms with Crippen LogP contribution in [0, 0.1) is 29.6 Å². The minimum atomic E-state index is -1.18. The molecular formula is C66H101N9O15S. The molecule has 3 unspecified atom stereocenters. The van der Waals surface area contributed by atoms with Gasteiger partial charge in [0.1, 0.15) is 24.7 Å².